The second kappa shape index (κ2) is 5.19. The van der Waals surface area contributed by atoms with Crippen molar-refractivity contribution in [2.75, 3.05) is 5.32 Å². The number of carbonyl (C=O) groups is 1. The Morgan fingerprint density at radius 1 is 1.50 bits per heavy atom. The van der Waals surface area contributed by atoms with E-state index in [1.54, 1.807) is 19.9 Å². The zero-order valence-electron chi connectivity index (χ0n) is 10.1. The normalized spacial score (nSPS) is 10.3. The molecule has 0 saturated carbocycles. The highest BCUT2D eigenvalue weighted by atomic mass is 16.6. The summed E-state index contributed by atoms with van der Waals surface area (Å²) < 4.78 is 0. The second-order valence-corrected chi connectivity index (χ2v) is 4.16. The van der Waals surface area contributed by atoms with Gasteiger partial charge in [-0.05, 0) is 19.9 Å². The molecule has 2 amide bonds. The van der Waals surface area contributed by atoms with Crippen LogP contribution in [0.2, 0.25) is 0 Å². The summed E-state index contributed by atoms with van der Waals surface area (Å²) in [5.74, 6) is 2.41. The maximum Gasteiger partial charge on any atom is 0.320 e. The smallest absolute Gasteiger partial charge is 0.320 e. The van der Waals surface area contributed by atoms with Gasteiger partial charge in [-0.3, -0.25) is 10.1 Å². The van der Waals surface area contributed by atoms with E-state index in [1.807, 2.05) is 0 Å². The fraction of sp³-hybridized carbons (Fsp3) is 0.250. The van der Waals surface area contributed by atoms with E-state index in [0.717, 1.165) is 0 Å². The van der Waals surface area contributed by atoms with Gasteiger partial charge in [-0.25, -0.2) is 4.79 Å². The lowest BCUT2D eigenvalue weighted by atomic mass is 10.1. The largest absolute Gasteiger partial charge is 0.322 e. The quantitative estimate of drug-likeness (QED) is 0.487. The van der Waals surface area contributed by atoms with E-state index in [1.165, 1.54) is 18.2 Å². The molecule has 0 spiro atoms. The lowest BCUT2D eigenvalue weighted by Crippen LogP contribution is -2.44. The molecule has 6 nitrogen and oxygen atoms in total. The molecule has 0 fully saturated rings. The molecular weight excluding hydrogens is 234 g/mol. The molecule has 1 rings (SSSR count). The number of terminal acetylenes is 1. The first kappa shape index (κ1) is 13.5. The molecule has 0 aliphatic carbocycles. The van der Waals surface area contributed by atoms with Gasteiger partial charge in [0.2, 0.25) is 0 Å². The van der Waals surface area contributed by atoms with Crippen LogP contribution in [0.5, 0.6) is 0 Å². The summed E-state index contributed by atoms with van der Waals surface area (Å²) in [4.78, 5) is 21.6. The molecule has 0 heterocycles. The molecule has 0 saturated heterocycles. The van der Waals surface area contributed by atoms with Crippen LogP contribution in [-0.4, -0.2) is 16.5 Å². The first-order valence-corrected chi connectivity index (χ1v) is 5.15. The van der Waals surface area contributed by atoms with Gasteiger partial charge in [0.15, 0.2) is 0 Å². The molecule has 1 aromatic carbocycles. The first-order valence-electron chi connectivity index (χ1n) is 5.15. The van der Waals surface area contributed by atoms with Crippen LogP contribution in [0.3, 0.4) is 0 Å². The molecule has 1 aromatic rings. The van der Waals surface area contributed by atoms with Crippen molar-refractivity contribution in [1.82, 2.24) is 5.32 Å². The van der Waals surface area contributed by atoms with Gasteiger partial charge in [-0.1, -0.05) is 12.0 Å². The van der Waals surface area contributed by atoms with Crippen molar-refractivity contribution in [1.29, 1.82) is 0 Å². The number of nitrogens with one attached hydrogen (secondary N) is 2. The van der Waals surface area contributed by atoms with Gasteiger partial charge < -0.3 is 10.6 Å². The van der Waals surface area contributed by atoms with Gasteiger partial charge in [0.25, 0.3) is 5.69 Å². The Kier molecular flexibility index (Phi) is 3.89. The highest BCUT2D eigenvalue weighted by Crippen LogP contribution is 2.16. The molecule has 0 atom stereocenters. The fourth-order valence-electron chi connectivity index (χ4n) is 1.18. The van der Waals surface area contributed by atoms with E-state index in [4.69, 9.17) is 6.42 Å². The van der Waals surface area contributed by atoms with Crippen LogP contribution in [0.1, 0.15) is 13.8 Å². The summed E-state index contributed by atoms with van der Waals surface area (Å²) in [6, 6.07) is 5.13. The number of hydrogen-bond acceptors (Lipinski definition) is 3. The Bertz CT molecular complexity index is 518. The molecule has 0 bridgehead atoms. The molecule has 2 N–H and O–H groups in total. The van der Waals surface area contributed by atoms with E-state index >= 15 is 0 Å². The summed E-state index contributed by atoms with van der Waals surface area (Å²) in [5.41, 5.74) is -0.552. The number of non-ortho nitro benzene ring substituents is 1. The molecule has 6 heteroatoms. The monoisotopic (exact) mass is 247 g/mol. The number of urea groups is 1. The lowest BCUT2D eigenvalue weighted by Gasteiger charge is -2.19. The van der Waals surface area contributed by atoms with Crippen LogP contribution in [0.15, 0.2) is 24.3 Å². The first-order chi connectivity index (χ1) is 8.34. The predicted molar refractivity (Wildman–Crippen MR) is 68.2 cm³/mol. The number of nitrogens with zero attached hydrogens (tertiary/aromatic N) is 1. The summed E-state index contributed by atoms with van der Waals surface area (Å²) in [5, 5.41) is 15.6. The number of rotatable bonds is 3. The predicted octanol–water partition coefficient (Wildman–Crippen LogP) is 2.13. The lowest BCUT2D eigenvalue weighted by molar-refractivity contribution is -0.384. The maximum absolute atomic E-state index is 11.6. The summed E-state index contributed by atoms with van der Waals surface area (Å²) in [6.07, 6.45) is 5.23. The number of benzene rings is 1. The molecule has 0 radical (unpaired) electrons. The van der Waals surface area contributed by atoms with Crippen LogP contribution in [0, 0.1) is 22.5 Å². The summed E-state index contributed by atoms with van der Waals surface area (Å²) >= 11 is 0. The van der Waals surface area contributed by atoms with E-state index in [9.17, 15) is 14.9 Å². The third kappa shape index (κ3) is 3.79. The van der Waals surface area contributed by atoms with Crippen LogP contribution in [0.4, 0.5) is 16.2 Å². The van der Waals surface area contributed by atoms with Gasteiger partial charge >= 0.3 is 6.03 Å². The number of hydrogen-bond donors (Lipinski definition) is 2. The van der Waals surface area contributed by atoms with Crippen LogP contribution in [0.25, 0.3) is 0 Å². The zero-order valence-corrected chi connectivity index (χ0v) is 10.1. The Hall–Kier alpha value is -2.55. The maximum atomic E-state index is 11.6. The number of anilines is 1. The van der Waals surface area contributed by atoms with Crippen LogP contribution in [-0.2, 0) is 0 Å². The Balaban J connectivity index is 2.74. The topological polar surface area (TPSA) is 84.3 Å². The van der Waals surface area contributed by atoms with Gasteiger partial charge in [-0.15, -0.1) is 6.42 Å². The molecule has 0 aliphatic rings. The standard InChI is InChI=1S/C12H13N3O3/c1-4-12(2,3)14-11(16)13-9-6-5-7-10(8-9)15(17)18/h1,5-8H,2-3H3,(H2,13,14,16). The third-order valence-corrected chi connectivity index (χ3v) is 2.10. The van der Waals surface area contributed by atoms with E-state index in [0.29, 0.717) is 5.69 Å². The molecule has 0 aromatic heterocycles. The van der Waals surface area contributed by atoms with Gasteiger partial charge in [0, 0.05) is 17.8 Å². The minimum atomic E-state index is -0.787. The van der Waals surface area contributed by atoms with Crippen molar-refractivity contribution in [2.24, 2.45) is 0 Å². The number of carbonyl (C=O) groups excluding carboxylic acids is 1. The van der Waals surface area contributed by atoms with Gasteiger partial charge in [0.05, 0.1) is 10.5 Å². The van der Waals surface area contributed by atoms with Crippen LogP contribution >= 0.6 is 0 Å². The molecule has 18 heavy (non-hydrogen) atoms. The van der Waals surface area contributed by atoms with E-state index in [2.05, 4.69) is 16.6 Å². The Morgan fingerprint density at radius 2 is 2.17 bits per heavy atom. The summed E-state index contributed by atoms with van der Waals surface area (Å²) in [6.45, 7) is 3.33. The minimum absolute atomic E-state index is 0.0935. The number of nitro groups is 1. The fourth-order valence-corrected chi connectivity index (χ4v) is 1.18. The average molecular weight is 247 g/mol. The highest BCUT2D eigenvalue weighted by Gasteiger charge is 2.17. The van der Waals surface area contributed by atoms with Gasteiger partial charge in [0.1, 0.15) is 0 Å². The Morgan fingerprint density at radius 3 is 2.72 bits per heavy atom. The molecule has 0 aliphatic heterocycles. The summed E-state index contributed by atoms with van der Waals surface area (Å²) in [7, 11) is 0. The zero-order chi connectivity index (χ0) is 13.8. The van der Waals surface area contributed by atoms with Crippen molar-refractivity contribution in [2.45, 2.75) is 19.4 Å². The van der Waals surface area contributed by atoms with Crippen molar-refractivity contribution in [3.63, 3.8) is 0 Å². The molecular formula is C12H13N3O3. The number of amides is 2. The van der Waals surface area contributed by atoms with Crippen LogP contribution < -0.4 is 10.6 Å². The average Bonchev–Trinajstić information content (AvgIpc) is 2.28. The molecule has 0 unspecified atom stereocenters. The van der Waals surface area contributed by atoms with Crippen molar-refractivity contribution < 1.29 is 9.72 Å². The Labute approximate surface area is 105 Å². The van der Waals surface area contributed by atoms with Crippen molar-refractivity contribution >= 4 is 17.4 Å². The SMILES string of the molecule is C#CC(C)(C)NC(=O)Nc1cccc([N+](=O)[O-])c1. The van der Waals surface area contributed by atoms with Gasteiger partial charge in [-0.2, -0.15) is 0 Å². The third-order valence-electron chi connectivity index (χ3n) is 2.10. The molecule has 94 valence electrons. The van der Waals surface area contributed by atoms with E-state index in [-0.39, 0.29) is 5.69 Å². The minimum Gasteiger partial charge on any atom is -0.322 e. The van der Waals surface area contributed by atoms with E-state index < -0.39 is 16.5 Å². The number of nitro benzene ring substituents is 1. The second-order valence-electron chi connectivity index (χ2n) is 4.16. The highest BCUT2D eigenvalue weighted by molar-refractivity contribution is 5.90. The van der Waals surface area contributed by atoms with Crippen molar-refractivity contribution in [3.8, 4) is 12.3 Å². The van der Waals surface area contributed by atoms with Crippen molar-refractivity contribution in [3.05, 3.63) is 34.4 Å².